The van der Waals surface area contributed by atoms with Gasteiger partial charge in [-0.15, -0.1) is 0 Å². The van der Waals surface area contributed by atoms with E-state index in [-0.39, 0.29) is 0 Å². The Morgan fingerprint density at radius 3 is 2.38 bits per heavy atom. The summed E-state index contributed by atoms with van der Waals surface area (Å²) >= 11 is 0. The molecule has 0 amide bonds. The normalized spacial score (nSPS) is 10.1. The average Bonchev–Trinajstić information content (AvgIpc) is 2.31. The number of aryl methyl sites for hydroxylation is 1. The van der Waals surface area contributed by atoms with Crippen LogP contribution in [0.1, 0.15) is 18.9 Å². The molecular weight excluding hydrogens is 194 g/mol. The summed E-state index contributed by atoms with van der Waals surface area (Å²) in [5.41, 5.74) is 3.69. The van der Waals surface area contributed by atoms with Crippen molar-refractivity contribution < 1.29 is 0 Å². The van der Waals surface area contributed by atoms with Gasteiger partial charge >= 0.3 is 0 Å². The Bertz CT molecular complexity index is 434. The van der Waals surface area contributed by atoms with Crippen LogP contribution >= 0.6 is 0 Å². The lowest BCUT2D eigenvalue weighted by Crippen LogP contribution is -1.91. The van der Waals surface area contributed by atoms with Gasteiger partial charge in [-0.2, -0.15) is 0 Å². The quantitative estimate of drug-likeness (QED) is 0.791. The van der Waals surface area contributed by atoms with Gasteiger partial charge in [-0.05, 0) is 36.2 Å². The summed E-state index contributed by atoms with van der Waals surface area (Å²) in [7, 11) is 0. The summed E-state index contributed by atoms with van der Waals surface area (Å²) in [4.78, 5) is 0. The molecule has 2 rings (SSSR count). The molecular formula is C15H17N. The minimum Gasteiger partial charge on any atom is -0.356 e. The molecule has 1 N–H and O–H groups in total. The maximum absolute atomic E-state index is 3.40. The van der Waals surface area contributed by atoms with Crippen molar-refractivity contribution in [1.82, 2.24) is 0 Å². The van der Waals surface area contributed by atoms with E-state index in [2.05, 4.69) is 48.6 Å². The Hall–Kier alpha value is -1.76. The van der Waals surface area contributed by atoms with Crippen molar-refractivity contribution in [2.24, 2.45) is 0 Å². The number of nitrogens with one attached hydrogen (secondary N) is 1. The van der Waals surface area contributed by atoms with Gasteiger partial charge in [-0.3, -0.25) is 0 Å². The zero-order valence-electron chi connectivity index (χ0n) is 9.61. The average molecular weight is 211 g/mol. The molecule has 2 aromatic carbocycles. The van der Waals surface area contributed by atoms with Crippen molar-refractivity contribution >= 4 is 11.4 Å². The molecule has 1 nitrogen and oxygen atoms in total. The number of anilines is 2. The van der Waals surface area contributed by atoms with E-state index in [9.17, 15) is 0 Å². The van der Waals surface area contributed by atoms with Gasteiger partial charge < -0.3 is 5.32 Å². The van der Waals surface area contributed by atoms with Crippen LogP contribution in [0.15, 0.2) is 54.6 Å². The molecule has 2 aromatic rings. The van der Waals surface area contributed by atoms with Gasteiger partial charge in [-0.25, -0.2) is 0 Å². The second-order valence-corrected chi connectivity index (χ2v) is 3.94. The largest absolute Gasteiger partial charge is 0.356 e. The monoisotopic (exact) mass is 211 g/mol. The standard InChI is InChI=1S/C15H17N/c1-2-7-13-8-6-11-15(12-13)16-14-9-4-3-5-10-14/h3-6,8-12,16H,2,7H2,1H3. The molecule has 0 spiro atoms. The van der Waals surface area contributed by atoms with Crippen molar-refractivity contribution in [3.05, 3.63) is 60.2 Å². The smallest absolute Gasteiger partial charge is 0.0386 e. The van der Waals surface area contributed by atoms with Crippen LogP contribution in [-0.2, 0) is 6.42 Å². The molecule has 0 aliphatic heterocycles. The first kappa shape index (κ1) is 10.7. The predicted octanol–water partition coefficient (Wildman–Crippen LogP) is 4.38. The van der Waals surface area contributed by atoms with Crippen molar-refractivity contribution in [2.75, 3.05) is 5.32 Å². The van der Waals surface area contributed by atoms with Crippen molar-refractivity contribution in [1.29, 1.82) is 0 Å². The molecule has 0 fully saturated rings. The Balaban J connectivity index is 2.12. The van der Waals surface area contributed by atoms with Crippen LogP contribution < -0.4 is 5.32 Å². The SMILES string of the molecule is CCCc1cccc(Nc2ccccc2)c1. The van der Waals surface area contributed by atoms with Crippen LogP contribution in [-0.4, -0.2) is 0 Å². The molecule has 0 unspecified atom stereocenters. The highest BCUT2D eigenvalue weighted by Crippen LogP contribution is 2.17. The number of hydrogen-bond acceptors (Lipinski definition) is 1. The summed E-state index contributed by atoms with van der Waals surface area (Å²) in [6.07, 6.45) is 2.33. The van der Waals surface area contributed by atoms with Gasteiger partial charge in [0.05, 0.1) is 0 Å². The minimum absolute atomic E-state index is 1.14. The highest BCUT2D eigenvalue weighted by Gasteiger charge is 1.95. The first-order valence-corrected chi connectivity index (χ1v) is 5.79. The fraction of sp³-hybridized carbons (Fsp3) is 0.200. The first-order valence-electron chi connectivity index (χ1n) is 5.79. The highest BCUT2D eigenvalue weighted by atomic mass is 14.9. The van der Waals surface area contributed by atoms with Gasteiger partial charge in [0.15, 0.2) is 0 Å². The summed E-state index contributed by atoms with van der Waals surface area (Å²) in [6, 6.07) is 18.9. The van der Waals surface area contributed by atoms with Crippen LogP contribution in [0.5, 0.6) is 0 Å². The van der Waals surface area contributed by atoms with Crippen LogP contribution in [0, 0.1) is 0 Å². The molecule has 0 bridgehead atoms. The minimum atomic E-state index is 1.14. The van der Waals surface area contributed by atoms with Crippen LogP contribution in [0.2, 0.25) is 0 Å². The molecule has 0 saturated carbocycles. The molecule has 0 aromatic heterocycles. The number of hydrogen-bond donors (Lipinski definition) is 1. The molecule has 82 valence electrons. The second-order valence-electron chi connectivity index (χ2n) is 3.94. The van der Waals surface area contributed by atoms with Crippen molar-refractivity contribution in [3.8, 4) is 0 Å². The molecule has 0 heterocycles. The van der Waals surface area contributed by atoms with Crippen molar-refractivity contribution in [2.45, 2.75) is 19.8 Å². The summed E-state index contributed by atoms with van der Waals surface area (Å²) in [5, 5.41) is 3.40. The predicted molar refractivity (Wildman–Crippen MR) is 70.2 cm³/mol. The van der Waals surface area contributed by atoms with Crippen LogP contribution in [0.4, 0.5) is 11.4 Å². The zero-order valence-corrected chi connectivity index (χ0v) is 9.61. The van der Waals surface area contributed by atoms with E-state index in [1.165, 1.54) is 12.0 Å². The Morgan fingerprint density at radius 1 is 0.875 bits per heavy atom. The third-order valence-electron chi connectivity index (χ3n) is 2.53. The number of para-hydroxylation sites is 1. The molecule has 0 aliphatic carbocycles. The van der Waals surface area contributed by atoms with E-state index in [4.69, 9.17) is 0 Å². The number of benzene rings is 2. The number of rotatable bonds is 4. The lowest BCUT2D eigenvalue weighted by molar-refractivity contribution is 0.922. The topological polar surface area (TPSA) is 12.0 Å². The fourth-order valence-electron chi connectivity index (χ4n) is 1.78. The Kier molecular flexibility index (Phi) is 3.60. The van der Waals surface area contributed by atoms with Gasteiger partial charge in [0.1, 0.15) is 0 Å². The third-order valence-corrected chi connectivity index (χ3v) is 2.53. The lowest BCUT2D eigenvalue weighted by atomic mass is 10.1. The van der Waals surface area contributed by atoms with Crippen LogP contribution in [0.25, 0.3) is 0 Å². The van der Waals surface area contributed by atoms with Crippen LogP contribution in [0.3, 0.4) is 0 Å². The molecule has 16 heavy (non-hydrogen) atoms. The van der Waals surface area contributed by atoms with Gasteiger partial charge in [0.25, 0.3) is 0 Å². The second kappa shape index (κ2) is 5.36. The van der Waals surface area contributed by atoms with E-state index < -0.39 is 0 Å². The Morgan fingerprint density at radius 2 is 1.62 bits per heavy atom. The fourth-order valence-corrected chi connectivity index (χ4v) is 1.78. The lowest BCUT2D eigenvalue weighted by Gasteiger charge is -2.07. The van der Waals surface area contributed by atoms with E-state index >= 15 is 0 Å². The summed E-state index contributed by atoms with van der Waals surface area (Å²) < 4.78 is 0. The molecule has 0 atom stereocenters. The van der Waals surface area contributed by atoms with Crippen molar-refractivity contribution in [3.63, 3.8) is 0 Å². The van der Waals surface area contributed by atoms with E-state index in [0.29, 0.717) is 0 Å². The van der Waals surface area contributed by atoms with E-state index in [1.54, 1.807) is 0 Å². The Labute approximate surface area is 97.1 Å². The molecule has 0 saturated heterocycles. The van der Waals surface area contributed by atoms with Gasteiger partial charge in [0, 0.05) is 11.4 Å². The van der Waals surface area contributed by atoms with E-state index in [0.717, 1.165) is 17.8 Å². The maximum Gasteiger partial charge on any atom is 0.0386 e. The van der Waals surface area contributed by atoms with E-state index in [1.807, 2.05) is 18.2 Å². The summed E-state index contributed by atoms with van der Waals surface area (Å²) in [5.74, 6) is 0. The highest BCUT2D eigenvalue weighted by molar-refractivity contribution is 5.59. The molecule has 0 aliphatic rings. The zero-order chi connectivity index (χ0) is 11.2. The molecule has 1 heteroatoms. The molecule has 0 radical (unpaired) electrons. The van der Waals surface area contributed by atoms with Gasteiger partial charge in [0.2, 0.25) is 0 Å². The first-order chi connectivity index (χ1) is 7.88. The summed E-state index contributed by atoms with van der Waals surface area (Å²) in [6.45, 7) is 2.21. The van der Waals surface area contributed by atoms with Gasteiger partial charge in [-0.1, -0.05) is 43.7 Å². The third kappa shape index (κ3) is 2.86. The maximum atomic E-state index is 3.40.